The zero-order chi connectivity index (χ0) is 13.8. The molecule has 0 saturated carbocycles. The Morgan fingerprint density at radius 1 is 1.42 bits per heavy atom. The van der Waals surface area contributed by atoms with E-state index >= 15 is 0 Å². The molecule has 1 aromatic heterocycles. The van der Waals surface area contributed by atoms with Gasteiger partial charge in [0.1, 0.15) is 24.5 Å². The number of benzene rings is 1. The average Bonchev–Trinajstić information content (AvgIpc) is 2.84. The largest absolute Gasteiger partial charge is 0.487 e. The molecule has 5 heteroatoms. The number of carbonyl (C=O) groups excluding carboxylic acids is 1. The number of nitrogens with zero attached hydrogens (tertiary/aromatic N) is 2. The van der Waals surface area contributed by atoms with Crippen LogP contribution >= 0.6 is 0 Å². The lowest BCUT2D eigenvalue weighted by atomic mass is 10.2. The van der Waals surface area contributed by atoms with Crippen molar-refractivity contribution in [2.24, 2.45) is 0 Å². The van der Waals surface area contributed by atoms with Crippen molar-refractivity contribution in [2.45, 2.75) is 26.5 Å². The second kappa shape index (κ2) is 5.65. The van der Waals surface area contributed by atoms with E-state index < -0.39 is 5.82 Å². The van der Waals surface area contributed by atoms with Crippen LogP contribution in [-0.2, 0) is 6.61 Å². The Morgan fingerprint density at radius 3 is 2.89 bits per heavy atom. The molecule has 0 bridgehead atoms. The third kappa shape index (κ3) is 3.19. The molecule has 0 saturated heterocycles. The number of imidazole rings is 1. The normalized spacial score (nSPS) is 10.7. The lowest BCUT2D eigenvalue weighted by Gasteiger charge is -2.12. The van der Waals surface area contributed by atoms with E-state index in [1.54, 1.807) is 12.5 Å². The molecule has 0 aliphatic rings. The Morgan fingerprint density at radius 2 is 2.21 bits per heavy atom. The molecular weight excluding hydrogens is 247 g/mol. The van der Waals surface area contributed by atoms with Gasteiger partial charge in [-0.25, -0.2) is 9.37 Å². The fraction of sp³-hybridized carbons (Fsp3) is 0.286. The fourth-order valence-electron chi connectivity index (χ4n) is 1.80. The first-order valence-corrected chi connectivity index (χ1v) is 5.99. The van der Waals surface area contributed by atoms with E-state index in [9.17, 15) is 9.18 Å². The van der Waals surface area contributed by atoms with Crippen LogP contribution in [0.2, 0.25) is 0 Å². The van der Waals surface area contributed by atoms with Gasteiger partial charge >= 0.3 is 0 Å². The Hall–Kier alpha value is -2.17. The van der Waals surface area contributed by atoms with Crippen molar-refractivity contribution in [3.05, 3.63) is 47.8 Å². The molecule has 19 heavy (non-hydrogen) atoms. The third-order valence-electron chi connectivity index (χ3n) is 2.72. The molecule has 0 aliphatic heterocycles. The zero-order valence-electron chi connectivity index (χ0n) is 10.8. The molecule has 2 rings (SSSR count). The summed E-state index contributed by atoms with van der Waals surface area (Å²) in [6.07, 6.45) is 4.03. The van der Waals surface area contributed by atoms with Crippen LogP contribution in [0.5, 0.6) is 5.75 Å². The molecule has 2 aromatic rings. The van der Waals surface area contributed by atoms with Crippen molar-refractivity contribution in [3.63, 3.8) is 0 Å². The smallest absolute Gasteiger partial charge is 0.150 e. The van der Waals surface area contributed by atoms with Crippen LogP contribution in [0, 0.1) is 5.82 Å². The predicted octanol–water partition coefficient (Wildman–Crippen LogP) is 2.99. The van der Waals surface area contributed by atoms with E-state index in [2.05, 4.69) is 4.98 Å². The van der Waals surface area contributed by atoms with Gasteiger partial charge in [-0.1, -0.05) is 0 Å². The van der Waals surface area contributed by atoms with Gasteiger partial charge in [0.15, 0.2) is 0 Å². The van der Waals surface area contributed by atoms with Gasteiger partial charge in [0, 0.05) is 17.7 Å². The minimum Gasteiger partial charge on any atom is -0.487 e. The Balaban J connectivity index is 2.12. The summed E-state index contributed by atoms with van der Waals surface area (Å²) in [5, 5.41) is 0. The molecular formula is C14H15FN2O2. The molecule has 0 atom stereocenters. The number of ether oxygens (including phenoxy) is 1. The maximum absolute atomic E-state index is 13.2. The summed E-state index contributed by atoms with van der Waals surface area (Å²) in [7, 11) is 0. The maximum Gasteiger partial charge on any atom is 0.150 e. The molecule has 0 spiro atoms. The van der Waals surface area contributed by atoms with Crippen molar-refractivity contribution in [3.8, 4) is 5.75 Å². The van der Waals surface area contributed by atoms with Crippen LogP contribution < -0.4 is 4.74 Å². The van der Waals surface area contributed by atoms with Crippen molar-refractivity contribution >= 4 is 6.29 Å². The highest BCUT2D eigenvalue weighted by Gasteiger charge is 2.07. The van der Waals surface area contributed by atoms with Crippen molar-refractivity contribution in [1.82, 2.24) is 9.55 Å². The van der Waals surface area contributed by atoms with E-state index in [0.717, 1.165) is 11.8 Å². The summed E-state index contributed by atoms with van der Waals surface area (Å²) in [4.78, 5) is 14.7. The van der Waals surface area contributed by atoms with Crippen LogP contribution in [0.4, 0.5) is 4.39 Å². The Labute approximate surface area is 110 Å². The van der Waals surface area contributed by atoms with E-state index in [0.29, 0.717) is 12.0 Å². The fourth-order valence-corrected chi connectivity index (χ4v) is 1.80. The molecule has 0 amide bonds. The number of hydrogen-bond donors (Lipinski definition) is 0. The van der Waals surface area contributed by atoms with Gasteiger partial charge in [-0.2, -0.15) is 0 Å². The van der Waals surface area contributed by atoms with Gasteiger partial charge in [0.05, 0.1) is 18.2 Å². The molecule has 1 aromatic carbocycles. The summed E-state index contributed by atoms with van der Waals surface area (Å²) in [5.41, 5.74) is 1.15. The molecule has 0 fully saturated rings. The molecule has 0 unspecified atom stereocenters. The highest BCUT2D eigenvalue weighted by atomic mass is 19.1. The molecule has 0 radical (unpaired) electrons. The monoisotopic (exact) mass is 262 g/mol. The van der Waals surface area contributed by atoms with E-state index in [4.69, 9.17) is 4.74 Å². The summed E-state index contributed by atoms with van der Waals surface area (Å²) in [6.45, 7) is 4.36. The maximum atomic E-state index is 13.2. The second-order valence-electron chi connectivity index (χ2n) is 4.51. The quantitative estimate of drug-likeness (QED) is 0.778. The van der Waals surface area contributed by atoms with Gasteiger partial charge in [-0.3, -0.25) is 4.79 Å². The molecule has 0 aliphatic carbocycles. The number of halogens is 1. The number of aldehydes is 1. The van der Waals surface area contributed by atoms with Crippen LogP contribution in [0.25, 0.3) is 0 Å². The lowest BCUT2D eigenvalue weighted by Crippen LogP contribution is -2.07. The zero-order valence-corrected chi connectivity index (χ0v) is 10.8. The average molecular weight is 262 g/mol. The van der Waals surface area contributed by atoms with E-state index in [1.807, 2.05) is 18.4 Å². The third-order valence-corrected chi connectivity index (χ3v) is 2.72. The minimum atomic E-state index is -0.489. The molecule has 0 N–H and O–H groups in total. The highest BCUT2D eigenvalue weighted by Crippen LogP contribution is 2.18. The van der Waals surface area contributed by atoms with Crippen LogP contribution in [-0.4, -0.2) is 15.8 Å². The number of rotatable bonds is 5. The first kappa shape index (κ1) is 13.3. The summed E-state index contributed by atoms with van der Waals surface area (Å²) in [5.74, 6) is -0.157. The summed E-state index contributed by atoms with van der Waals surface area (Å²) in [6, 6.07) is 4.20. The Bertz CT molecular complexity index is 579. The molecule has 1 heterocycles. The van der Waals surface area contributed by atoms with Crippen LogP contribution in [0.3, 0.4) is 0 Å². The van der Waals surface area contributed by atoms with Crippen molar-refractivity contribution < 1.29 is 13.9 Å². The van der Waals surface area contributed by atoms with Crippen molar-refractivity contribution in [1.29, 1.82) is 0 Å². The number of hydrogen-bond acceptors (Lipinski definition) is 3. The minimum absolute atomic E-state index is 0.257. The topological polar surface area (TPSA) is 44.1 Å². The van der Waals surface area contributed by atoms with Gasteiger partial charge in [-0.15, -0.1) is 0 Å². The summed E-state index contributed by atoms with van der Waals surface area (Å²) >= 11 is 0. The van der Waals surface area contributed by atoms with Gasteiger partial charge in [0.2, 0.25) is 0 Å². The second-order valence-corrected chi connectivity index (χ2v) is 4.51. The highest BCUT2D eigenvalue weighted by molar-refractivity contribution is 5.75. The predicted molar refractivity (Wildman–Crippen MR) is 68.7 cm³/mol. The SMILES string of the molecule is CC(C)n1cncc1COc1cc(F)cc(C=O)c1. The standard InChI is InChI=1S/C14H15FN2O2/c1-10(2)17-9-16-6-13(17)8-19-14-4-11(7-18)3-12(15)5-14/h3-7,9-10H,8H2,1-2H3. The van der Waals surface area contributed by atoms with Crippen molar-refractivity contribution in [2.75, 3.05) is 0 Å². The first-order chi connectivity index (χ1) is 9.10. The van der Waals surface area contributed by atoms with Gasteiger partial charge in [-0.05, 0) is 26.0 Å². The number of carbonyl (C=O) groups is 1. The summed E-state index contributed by atoms with van der Waals surface area (Å²) < 4.78 is 20.7. The first-order valence-electron chi connectivity index (χ1n) is 5.99. The molecule has 4 nitrogen and oxygen atoms in total. The Kier molecular flexibility index (Phi) is 3.94. The van der Waals surface area contributed by atoms with Gasteiger partial charge in [0.25, 0.3) is 0 Å². The lowest BCUT2D eigenvalue weighted by molar-refractivity contribution is 0.112. The van der Waals surface area contributed by atoms with E-state index in [1.165, 1.54) is 12.1 Å². The van der Waals surface area contributed by atoms with Gasteiger partial charge < -0.3 is 9.30 Å². The van der Waals surface area contributed by atoms with Crippen LogP contribution in [0.15, 0.2) is 30.7 Å². The molecule has 100 valence electrons. The van der Waals surface area contributed by atoms with E-state index in [-0.39, 0.29) is 18.2 Å². The van der Waals surface area contributed by atoms with Crippen LogP contribution in [0.1, 0.15) is 35.9 Å². The number of aromatic nitrogens is 2.